The Balaban J connectivity index is 1.97. The molecule has 8 nitrogen and oxygen atoms in total. The summed E-state index contributed by atoms with van der Waals surface area (Å²) in [5, 5.41) is 10.3. The predicted octanol–water partition coefficient (Wildman–Crippen LogP) is 2.51. The number of benzene rings is 3. The summed E-state index contributed by atoms with van der Waals surface area (Å²) in [4.78, 5) is -0.313. The van der Waals surface area contributed by atoms with Gasteiger partial charge in [-0.05, 0) is 24.3 Å². The summed E-state index contributed by atoms with van der Waals surface area (Å²) < 4.78 is 59.3. The minimum atomic E-state index is -4.29. The molecular formula is C18H15NO7S2. The first-order valence-corrected chi connectivity index (χ1v) is 10.6. The Bertz CT molecular complexity index is 1100. The third-order valence-electron chi connectivity index (χ3n) is 3.53. The van der Waals surface area contributed by atoms with Crippen molar-refractivity contribution in [2.24, 2.45) is 0 Å². The maximum absolute atomic E-state index is 12.3. The molecule has 0 radical (unpaired) electrons. The van der Waals surface area contributed by atoms with Crippen LogP contribution in [0.3, 0.4) is 0 Å². The average Bonchev–Trinajstić information content (AvgIpc) is 2.66. The molecule has 3 N–H and O–H groups in total. The molecule has 0 unspecified atom stereocenters. The number of aromatic hydroxyl groups is 1. The van der Waals surface area contributed by atoms with Gasteiger partial charge >= 0.3 is 20.2 Å². The molecule has 3 aromatic rings. The first kappa shape index (κ1) is 19.5. The number of hydrogen-bond acceptors (Lipinski definition) is 8. The van der Waals surface area contributed by atoms with Gasteiger partial charge in [0.1, 0.15) is 9.79 Å². The van der Waals surface area contributed by atoms with E-state index in [0.717, 1.165) is 12.1 Å². The van der Waals surface area contributed by atoms with E-state index in [4.69, 9.17) is 14.1 Å². The summed E-state index contributed by atoms with van der Waals surface area (Å²) >= 11 is 0. The number of nitrogens with two attached hydrogens (primary N) is 1. The molecule has 0 saturated carbocycles. The van der Waals surface area contributed by atoms with E-state index >= 15 is 0 Å². The van der Waals surface area contributed by atoms with Crippen LogP contribution in [-0.2, 0) is 20.2 Å². The molecule has 3 aromatic carbocycles. The minimum absolute atomic E-state index is 0.0747. The molecule has 0 aliphatic carbocycles. The smallest absolute Gasteiger partial charge is 0.339 e. The second kappa shape index (κ2) is 7.41. The fourth-order valence-electron chi connectivity index (χ4n) is 2.24. The molecule has 0 fully saturated rings. The van der Waals surface area contributed by atoms with E-state index < -0.39 is 37.5 Å². The summed E-state index contributed by atoms with van der Waals surface area (Å²) in [5.41, 5.74) is 5.61. The van der Waals surface area contributed by atoms with Crippen LogP contribution in [0.1, 0.15) is 0 Å². The lowest BCUT2D eigenvalue weighted by Crippen LogP contribution is -2.12. The number of phenols is 1. The molecule has 28 heavy (non-hydrogen) atoms. The topological polar surface area (TPSA) is 133 Å². The summed E-state index contributed by atoms with van der Waals surface area (Å²) in [6, 6.07) is 16.5. The van der Waals surface area contributed by atoms with Crippen LogP contribution >= 0.6 is 0 Å². The van der Waals surface area contributed by atoms with Crippen molar-refractivity contribution in [3.63, 3.8) is 0 Å². The fraction of sp³-hybridized carbons (Fsp3) is 0. The summed E-state index contributed by atoms with van der Waals surface area (Å²) in [5.74, 6) is -1.96. The summed E-state index contributed by atoms with van der Waals surface area (Å²) in [7, 11) is -8.57. The van der Waals surface area contributed by atoms with Crippen molar-refractivity contribution in [2.45, 2.75) is 9.79 Å². The first-order chi connectivity index (χ1) is 13.2. The molecule has 0 atom stereocenters. The third-order valence-corrected chi connectivity index (χ3v) is 6.02. The number of rotatable bonds is 6. The molecule has 146 valence electrons. The zero-order chi connectivity index (χ0) is 20.4. The van der Waals surface area contributed by atoms with Crippen LogP contribution in [-0.4, -0.2) is 21.9 Å². The number of anilines is 1. The Kier molecular flexibility index (Phi) is 5.16. The van der Waals surface area contributed by atoms with Crippen molar-refractivity contribution in [1.82, 2.24) is 0 Å². The van der Waals surface area contributed by atoms with Crippen molar-refractivity contribution in [2.75, 3.05) is 5.73 Å². The number of nitrogen functional groups attached to an aromatic ring is 1. The van der Waals surface area contributed by atoms with Crippen molar-refractivity contribution in [3.8, 4) is 17.2 Å². The monoisotopic (exact) mass is 421 g/mol. The van der Waals surface area contributed by atoms with Crippen LogP contribution in [0.25, 0.3) is 0 Å². The van der Waals surface area contributed by atoms with Crippen molar-refractivity contribution >= 4 is 25.9 Å². The number of phenolic OH excluding ortho intramolecular Hbond substituents is 1. The maximum atomic E-state index is 12.3. The lowest BCUT2D eigenvalue weighted by molar-refractivity contribution is 0.403. The van der Waals surface area contributed by atoms with Gasteiger partial charge in [0, 0.05) is 17.8 Å². The highest BCUT2D eigenvalue weighted by atomic mass is 32.2. The van der Waals surface area contributed by atoms with E-state index in [2.05, 4.69) is 0 Å². The van der Waals surface area contributed by atoms with E-state index in [1.54, 1.807) is 12.1 Å². The SMILES string of the molecule is Nc1cc(OS(=O)(=O)c2ccccc2)c(O)c(OS(=O)(=O)c2ccccc2)c1. The highest BCUT2D eigenvalue weighted by Gasteiger charge is 2.24. The number of hydrogen-bond donors (Lipinski definition) is 2. The van der Waals surface area contributed by atoms with E-state index in [1.165, 1.54) is 48.5 Å². The van der Waals surface area contributed by atoms with Crippen LogP contribution in [0.2, 0.25) is 0 Å². The molecule has 3 rings (SSSR count). The van der Waals surface area contributed by atoms with Crippen molar-refractivity contribution < 1.29 is 30.3 Å². The first-order valence-electron chi connectivity index (χ1n) is 7.80. The van der Waals surface area contributed by atoms with Crippen LogP contribution in [0.15, 0.2) is 82.6 Å². The molecular weight excluding hydrogens is 406 g/mol. The second-order valence-electron chi connectivity index (χ2n) is 5.57. The molecule has 0 aliphatic rings. The molecule has 0 amide bonds. The average molecular weight is 421 g/mol. The van der Waals surface area contributed by atoms with Gasteiger partial charge in [-0.1, -0.05) is 36.4 Å². The Hall–Kier alpha value is -3.24. The molecule has 0 aromatic heterocycles. The molecule has 0 heterocycles. The molecule has 0 saturated heterocycles. The predicted molar refractivity (Wildman–Crippen MR) is 101 cm³/mol. The largest absolute Gasteiger partial charge is 0.502 e. The Morgan fingerprint density at radius 3 is 1.39 bits per heavy atom. The van der Waals surface area contributed by atoms with E-state index in [9.17, 15) is 21.9 Å². The lowest BCUT2D eigenvalue weighted by atomic mass is 10.2. The maximum Gasteiger partial charge on any atom is 0.339 e. The van der Waals surface area contributed by atoms with Gasteiger partial charge in [0.2, 0.25) is 5.75 Å². The Morgan fingerprint density at radius 1 is 0.679 bits per heavy atom. The van der Waals surface area contributed by atoms with E-state index in [0.29, 0.717) is 0 Å². The van der Waals surface area contributed by atoms with Crippen LogP contribution in [0, 0.1) is 0 Å². The fourth-order valence-corrected chi connectivity index (χ4v) is 4.14. The van der Waals surface area contributed by atoms with Gasteiger partial charge in [-0.25, -0.2) is 0 Å². The van der Waals surface area contributed by atoms with Gasteiger partial charge in [0.15, 0.2) is 11.5 Å². The van der Waals surface area contributed by atoms with Crippen LogP contribution in [0.4, 0.5) is 5.69 Å². The molecule has 10 heteroatoms. The van der Waals surface area contributed by atoms with E-state index in [-0.39, 0.29) is 15.5 Å². The Morgan fingerprint density at radius 2 is 1.04 bits per heavy atom. The van der Waals surface area contributed by atoms with Gasteiger partial charge in [-0.3, -0.25) is 0 Å². The van der Waals surface area contributed by atoms with Crippen LogP contribution < -0.4 is 14.1 Å². The second-order valence-corrected chi connectivity index (χ2v) is 8.66. The summed E-state index contributed by atoms with van der Waals surface area (Å²) in [6.45, 7) is 0. The standard InChI is InChI=1S/C18H15NO7S2/c19-13-11-16(25-27(21,22)14-7-3-1-4-8-14)18(20)17(12-13)26-28(23,24)15-9-5-2-6-10-15/h1-12,20H,19H2. The van der Waals surface area contributed by atoms with Gasteiger partial charge in [-0.2, -0.15) is 16.8 Å². The Labute approximate surface area is 162 Å². The zero-order valence-electron chi connectivity index (χ0n) is 14.2. The quantitative estimate of drug-likeness (QED) is 0.352. The highest BCUT2D eigenvalue weighted by molar-refractivity contribution is 7.87. The van der Waals surface area contributed by atoms with Gasteiger partial charge in [-0.15, -0.1) is 0 Å². The zero-order valence-corrected chi connectivity index (χ0v) is 15.9. The van der Waals surface area contributed by atoms with Gasteiger partial charge in [0.25, 0.3) is 0 Å². The van der Waals surface area contributed by atoms with Crippen LogP contribution in [0.5, 0.6) is 17.2 Å². The minimum Gasteiger partial charge on any atom is -0.502 e. The third kappa shape index (κ3) is 4.18. The lowest BCUT2D eigenvalue weighted by Gasteiger charge is -2.13. The van der Waals surface area contributed by atoms with E-state index in [1.807, 2.05) is 0 Å². The molecule has 0 aliphatic heterocycles. The molecule has 0 bridgehead atoms. The van der Waals surface area contributed by atoms with Crippen molar-refractivity contribution in [1.29, 1.82) is 0 Å². The van der Waals surface area contributed by atoms with Gasteiger partial charge < -0.3 is 19.2 Å². The normalized spacial score (nSPS) is 11.7. The van der Waals surface area contributed by atoms with Crippen molar-refractivity contribution in [3.05, 3.63) is 72.8 Å². The highest BCUT2D eigenvalue weighted by Crippen LogP contribution is 2.41. The summed E-state index contributed by atoms with van der Waals surface area (Å²) in [6.07, 6.45) is 0. The molecule has 0 spiro atoms. The van der Waals surface area contributed by atoms with Gasteiger partial charge in [0.05, 0.1) is 0 Å².